The van der Waals surface area contributed by atoms with E-state index in [2.05, 4.69) is 48.0 Å². The minimum atomic E-state index is 0.121. The van der Waals surface area contributed by atoms with E-state index in [9.17, 15) is 0 Å². The average molecular weight is 288 g/mol. The van der Waals surface area contributed by atoms with Crippen molar-refractivity contribution in [3.05, 3.63) is 41.3 Å². The summed E-state index contributed by atoms with van der Waals surface area (Å²) in [6.45, 7) is 6.54. The van der Waals surface area contributed by atoms with Crippen molar-refractivity contribution in [1.29, 1.82) is 0 Å². The molecule has 0 aliphatic rings. The first-order valence-electron chi connectivity index (χ1n) is 6.33. The van der Waals surface area contributed by atoms with E-state index in [1.807, 2.05) is 12.1 Å². The Morgan fingerprint density at radius 3 is 2.40 bits per heavy atom. The normalized spacial score (nSPS) is 12.0. The minimum Gasteiger partial charge on any atom is -0.351 e. The molecule has 102 valence electrons. The van der Waals surface area contributed by atoms with Crippen LogP contribution in [0.1, 0.15) is 26.3 Å². The Hall–Kier alpha value is -1.94. The molecule has 0 aliphatic carbocycles. The van der Waals surface area contributed by atoms with Crippen molar-refractivity contribution in [3.8, 4) is 11.3 Å². The maximum absolute atomic E-state index is 5.96. The highest BCUT2D eigenvalue weighted by Gasteiger charge is 2.17. The molecule has 20 heavy (non-hydrogen) atoms. The van der Waals surface area contributed by atoms with Crippen LogP contribution >= 0.6 is 11.6 Å². The summed E-state index contributed by atoms with van der Waals surface area (Å²) in [5.41, 5.74) is 4.08. The Balaban J connectivity index is 2.10. The van der Waals surface area contributed by atoms with Crippen LogP contribution in [0.15, 0.2) is 35.1 Å². The zero-order valence-corrected chi connectivity index (χ0v) is 12.3. The monoisotopic (exact) mass is 287 g/mol. The Kier molecular flexibility index (Phi) is 2.98. The summed E-state index contributed by atoms with van der Waals surface area (Å²) >= 11 is 5.96. The lowest BCUT2D eigenvalue weighted by Gasteiger charge is -2.18. The van der Waals surface area contributed by atoms with E-state index in [0.717, 1.165) is 5.56 Å². The quantitative estimate of drug-likeness (QED) is 0.628. The van der Waals surface area contributed by atoms with Gasteiger partial charge in [0, 0.05) is 5.56 Å². The summed E-state index contributed by atoms with van der Waals surface area (Å²) < 4.78 is 5.22. The third-order valence-electron chi connectivity index (χ3n) is 3.24. The van der Waals surface area contributed by atoms with Gasteiger partial charge in [0.2, 0.25) is 5.58 Å². The smallest absolute Gasteiger partial charge is 0.223 e. The van der Waals surface area contributed by atoms with Crippen molar-refractivity contribution in [1.82, 2.24) is 15.1 Å². The molecule has 5 heteroatoms. The largest absolute Gasteiger partial charge is 0.351 e. The molecule has 0 unspecified atom stereocenters. The van der Waals surface area contributed by atoms with Crippen molar-refractivity contribution in [2.24, 2.45) is 0 Å². The highest BCUT2D eigenvalue weighted by molar-refractivity contribution is 6.33. The summed E-state index contributed by atoms with van der Waals surface area (Å²) in [6.07, 6.45) is 1.41. The molecule has 0 amide bonds. The Bertz CT molecular complexity index is 757. The number of rotatable bonds is 1. The van der Waals surface area contributed by atoms with Gasteiger partial charge in [-0.05, 0) is 11.0 Å². The highest BCUT2D eigenvalue weighted by Crippen LogP contribution is 2.30. The molecule has 0 fully saturated rings. The third kappa shape index (κ3) is 2.16. The summed E-state index contributed by atoms with van der Waals surface area (Å²) in [4.78, 5) is 8.08. The molecule has 0 N–H and O–H groups in total. The number of hydrogen-bond donors (Lipinski definition) is 0. The first-order chi connectivity index (χ1) is 9.47. The summed E-state index contributed by atoms with van der Waals surface area (Å²) in [5.74, 6) is 0. The molecule has 0 bridgehead atoms. The molecule has 0 spiro atoms. The molecule has 0 saturated heterocycles. The van der Waals surface area contributed by atoms with E-state index in [0.29, 0.717) is 16.8 Å². The van der Waals surface area contributed by atoms with Gasteiger partial charge in [-0.2, -0.15) is 0 Å². The predicted octanol–water partition coefficient (Wildman–Crippen LogP) is 4.24. The fourth-order valence-corrected chi connectivity index (χ4v) is 2.22. The summed E-state index contributed by atoms with van der Waals surface area (Å²) in [7, 11) is 0. The first kappa shape index (κ1) is 13.1. The Morgan fingerprint density at radius 2 is 1.75 bits per heavy atom. The van der Waals surface area contributed by atoms with Gasteiger partial charge in [0.1, 0.15) is 17.5 Å². The highest BCUT2D eigenvalue weighted by atomic mass is 35.5. The molecule has 0 aliphatic heterocycles. The van der Waals surface area contributed by atoms with E-state index in [-0.39, 0.29) is 10.6 Å². The lowest BCUT2D eigenvalue weighted by Crippen LogP contribution is -2.10. The number of halogens is 1. The van der Waals surface area contributed by atoms with Gasteiger partial charge in [-0.15, -0.1) is 0 Å². The van der Waals surface area contributed by atoms with Crippen molar-refractivity contribution in [2.45, 2.75) is 26.2 Å². The second-order valence-corrected chi connectivity index (χ2v) is 6.06. The van der Waals surface area contributed by atoms with Gasteiger partial charge < -0.3 is 4.52 Å². The van der Waals surface area contributed by atoms with Crippen LogP contribution in [0.5, 0.6) is 0 Å². The molecule has 3 aromatic rings. The van der Waals surface area contributed by atoms with E-state index in [1.165, 1.54) is 11.9 Å². The summed E-state index contributed by atoms with van der Waals surface area (Å²) in [6, 6.07) is 8.24. The van der Waals surface area contributed by atoms with Crippen LogP contribution in [0, 0.1) is 0 Å². The van der Waals surface area contributed by atoms with E-state index < -0.39 is 0 Å². The minimum absolute atomic E-state index is 0.121. The maximum atomic E-state index is 5.96. The maximum Gasteiger partial charge on any atom is 0.223 e. The van der Waals surface area contributed by atoms with Crippen LogP contribution in [0.2, 0.25) is 5.15 Å². The van der Waals surface area contributed by atoms with Crippen molar-refractivity contribution < 1.29 is 4.52 Å². The van der Waals surface area contributed by atoms with Crippen LogP contribution in [-0.2, 0) is 5.41 Å². The average Bonchev–Trinajstić information content (AvgIpc) is 2.83. The second kappa shape index (κ2) is 4.56. The zero-order valence-electron chi connectivity index (χ0n) is 11.5. The Labute approximate surface area is 121 Å². The molecule has 2 heterocycles. The van der Waals surface area contributed by atoms with E-state index in [4.69, 9.17) is 16.1 Å². The molecular formula is C15H14ClN3O. The molecule has 0 saturated carbocycles. The molecule has 1 aromatic carbocycles. The molecular weight excluding hydrogens is 274 g/mol. The van der Waals surface area contributed by atoms with Gasteiger partial charge in [-0.1, -0.05) is 61.8 Å². The van der Waals surface area contributed by atoms with Gasteiger partial charge in [0.25, 0.3) is 0 Å². The van der Waals surface area contributed by atoms with Crippen LogP contribution < -0.4 is 0 Å². The topological polar surface area (TPSA) is 51.8 Å². The number of fused-ring (bicyclic) bond motifs is 1. The molecule has 3 rings (SSSR count). The molecule has 2 aromatic heterocycles. The SMILES string of the molecule is CC(C)(C)c1ccc(-c2noc3c(Cl)ncnc23)cc1. The van der Waals surface area contributed by atoms with E-state index >= 15 is 0 Å². The van der Waals surface area contributed by atoms with Gasteiger partial charge in [-0.3, -0.25) is 0 Å². The lowest BCUT2D eigenvalue weighted by atomic mass is 9.86. The fourth-order valence-electron chi connectivity index (χ4n) is 2.05. The fraction of sp³-hybridized carbons (Fsp3) is 0.267. The number of hydrogen-bond acceptors (Lipinski definition) is 4. The van der Waals surface area contributed by atoms with Gasteiger partial charge in [0.15, 0.2) is 5.15 Å². The number of nitrogens with zero attached hydrogens (tertiary/aromatic N) is 3. The standard InChI is InChI=1S/C15H14ClN3O/c1-15(2,3)10-6-4-9(5-7-10)11-12-13(20-19-11)14(16)18-8-17-12/h4-8H,1-3H3. The molecule has 0 atom stereocenters. The van der Waals surface area contributed by atoms with Crippen LogP contribution in [-0.4, -0.2) is 15.1 Å². The van der Waals surface area contributed by atoms with Gasteiger partial charge >= 0.3 is 0 Å². The third-order valence-corrected chi connectivity index (χ3v) is 3.51. The predicted molar refractivity (Wildman–Crippen MR) is 78.7 cm³/mol. The number of benzene rings is 1. The molecule has 0 radical (unpaired) electrons. The second-order valence-electron chi connectivity index (χ2n) is 5.70. The van der Waals surface area contributed by atoms with Crippen LogP contribution in [0.4, 0.5) is 0 Å². The van der Waals surface area contributed by atoms with Crippen molar-refractivity contribution in [2.75, 3.05) is 0 Å². The zero-order chi connectivity index (χ0) is 14.3. The lowest BCUT2D eigenvalue weighted by molar-refractivity contribution is 0.458. The van der Waals surface area contributed by atoms with E-state index in [1.54, 1.807) is 0 Å². The number of aromatic nitrogens is 3. The van der Waals surface area contributed by atoms with Crippen molar-refractivity contribution in [3.63, 3.8) is 0 Å². The van der Waals surface area contributed by atoms with Crippen molar-refractivity contribution >= 4 is 22.7 Å². The van der Waals surface area contributed by atoms with Gasteiger partial charge in [0.05, 0.1) is 0 Å². The summed E-state index contributed by atoms with van der Waals surface area (Å²) in [5, 5.41) is 4.33. The Morgan fingerprint density at radius 1 is 1.05 bits per heavy atom. The van der Waals surface area contributed by atoms with Crippen LogP contribution in [0.3, 0.4) is 0 Å². The first-order valence-corrected chi connectivity index (χ1v) is 6.71. The van der Waals surface area contributed by atoms with Crippen LogP contribution in [0.25, 0.3) is 22.4 Å². The van der Waals surface area contributed by atoms with Gasteiger partial charge in [-0.25, -0.2) is 9.97 Å². The molecule has 4 nitrogen and oxygen atoms in total.